The minimum Gasteiger partial charge on any atom is -0.451 e. The van der Waals surface area contributed by atoms with Gasteiger partial charge in [0.15, 0.2) is 17.4 Å². The largest absolute Gasteiger partial charge is 0.451 e. The molecule has 194 valence electrons. The fourth-order valence-corrected chi connectivity index (χ4v) is 5.43. The lowest BCUT2D eigenvalue weighted by molar-refractivity contribution is -0.150. The molecule has 2 aromatic carbocycles. The number of carbonyl (C=O) groups is 2. The molecule has 0 radical (unpaired) electrons. The minimum atomic E-state index is -4.65. The third kappa shape index (κ3) is 5.54. The predicted molar refractivity (Wildman–Crippen MR) is 126 cm³/mol. The Kier molecular flexibility index (Phi) is 7.68. The van der Waals surface area contributed by atoms with Crippen molar-refractivity contribution in [3.63, 3.8) is 0 Å². The van der Waals surface area contributed by atoms with E-state index >= 15 is 0 Å². The first-order valence-corrected chi connectivity index (χ1v) is 12.5. The smallest absolute Gasteiger partial charge is 0.344 e. The maximum Gasteiger partial charge on any atom is 0.344 e. The highest BCUT2D eigenvalue weighted by Crippen LogP contribution is 2.32. The van der Waals surface area contributed by atoms with E-state index in [9.17, 15) is 26.8 Å². The van der Waals surface area contributed by atoms with Crippen LogP contribution in [0.3, 0.4) is 0 Å². The lowest BCUT2D eigenvalue weighted by Gasteiger charge is -2.38. The van der Waals surface area contributed by atoms with Crippen LogP contribution in [0.25, 0.3) is 0 Å². The molecule has 1 atom stereocenters. The number of sulfonamides is 1. The SMILES string of the molecule is NOC(=O)[C@H]1CN(C(=O)c2cccnc2)CCN1S(=O)(=O)c1cc(F)c(Oc2ccc(Cl)cc2)c(F)c1. The third-order valence-electron chi connectivity index (χ3n) is 5.53. The van der Waals surface area contributed by atoms with Gasteiger partial charge in [-0.3, -0.25) is 9.78 Å². The lowest BCUT2D eigenvalue weighted by Crippen LogP contribution is -2.59. The van der Waals surface area contributed by atoms with Crippen LogP contribution >= 0.6 is 11.6 Å². The molecule has 4 rings (SSSR count). The molecule has 1 amide bonds. The van der Waals surface area contributed by atoms with Crippen LogP contribution in [-0.4, -0.2) is 60.2 Å². The minimum absolute atomic E-state index is 0.0676. The fraction of sp³-hybridized carbons (Fsp3) is 0.174. The number of nitrogens with zero attached hydrogens (tertiary/aromatic N) is 3. The summed E-state index contributed by atoms with van der Waals surface area (Å²) in [5, 5.41) is 0.377. The lowest BCUT2D eigenvalue weighted by atomic mass is 10.1. The number of piperazine rings is 1. The van der Waals surface area contributed by atoms with Gasteiger partial charge in [-0.15, -0.1) is 0 Å². The van der Waals surface area contributed by atoms with Gasteiger partial charge in [0.25, 0.3) is 5.91 Å². The zero-order valence-electron chi connectivity index (χ0n) is 18.9. The van der Waals surface area contributed by atoms with E-state index in [1.165, 1.54) is 47.6 Å². The molecular weight excluding hydrogens is 534 g/mol. The summed E-state index contributed by atoms with van der Waals surface area (Å²) in [4.78, 5) is 33.8. The molecule has 0 unspecified atom stereocenters. The molecular formula is C23H19ClF2N4O6S. The maximum atomic E-state index is 14.8. The summed E-state index contributed by atoms with van der Waals surface area (Å²) in [7, 11) is -4.65. The normalized spacial score (nSPS) is 16.3. The number of nitrogens with two attached hydrogens (primary N) is 1. The molecule has 3 aromatic rings. The number of carbonyl (C=O) groups excluding carboxylic acids is 2. The van der Waals surface area contributed by atoms with E-state index in [1.54, 1.807) is 6.07 Å². The molecule has 0 bridgehead atoms. The second kappa shape index (κ2) is 10.8. The zero-order valence-corrected chi connectivity index (χ0v) is 20.5. The third-order valence-corrected chi connectivity index (χ3v) is 7.67. The summed E-state index contributed by atoms with van der Waals surface area (Å²) >= 11 is 5.78. The number of hydrogen-bond acceptors (Lipinski definition) is 8. The van der Waals surface area contributed by atoms with Gasteiger partial charge in [-0.25, -0.2) is 22.0 Å². The van der Waals surface area contributed by atoms with Crippen LogP contribution in [0.4, 0.5) is 8.78 Å². The fourth-order valence-electron chi connectivity index (χ4n) is 3.72. The number of halogens is 3. The topological polar surface area (TPSA) is 132 Å². The Hall–Kier alpha value is -3.65. The van der Waals surface area contributed by atoms with E-state index in [-0.39, 0.29) is 24.4 Å². The summed E-state index contributed by atoms with van der Waals surface area (Å²) in [6, 6.07) is 8.27. The quantitative estimate of drug-likeness (QED) is 0.462. The van der Waals surface area contributed by atoms with Crippen molar-refractivity contribution in [3.05, 3.63) is 83.1 Å². The van der Waals surface area contributed by atoms with Crippen LogP contribution in [0, 0.1) is 11.6 Å². The number of hydrogen-bond donors (Lipinski definition) is 1. The van der Waals surface area contributed by atoms with Crippen LogP contribution in [0.1, 0.15) is 10.4 Å². The number of amides is 1. The highest BCUT2D eigenvalue weighted by Gasteiger charge is 2.43. The average Bonchev–Trinajstić information content (AvgIpc) is 2.90. The Morgan fingerprint density at radius 1 is 1.08 bits per heavy atom. The van der Waals surface area contributed by atoms with Gasteiger partial charge in [-0.05, 0) is 48.5 Å². The van der Waals surface area contributed by atoms with Crippen LogP contribution in [0.2, 0.25) is 5.02 Å². The molecule has 14 heteroatoms. The molecule has 1 fully saturated rings. The molecule has 1 saturated heterocycles. The Bertz CT molecular complexity index is 1400. The van der Waals surface area contributed by atoms with E-state index in [0.29, 0.717) is 21.5 Å². The molecule has 1 aliphatic rings. The van der Waals surface area contributed by atoms with Crippen molar-refractivity contribution >= 4 is 33.5 Å². The first kappa shape index (κ1) is 26.4. The second-order valence-corrected chi connectivity index (χ2v) is 10.2. The summed E-state index contributed by atoms with van der Waals surface area (Å²) in [6.07, 6.45) is 2.79. The Morgan fingerprint density at radius 3 is 2.35 bits per heavy atom. The summed E-state index contributed by atoms with van der Waals surface area (Å²) < 4.78 is 62.2. The first-order valence-electron chi connectivity index (χ1n) is 10.7. The number of pyridine rings is 1. The van der Waals surface area contributed by atoms with Gasteiger partial charge in [0.2, 0.25) is 10.0 Å². The highest BCUT2D eigenvalue weighted by molar-refractivity contribution is 7.89. The Balaban J connectivity index is 1.61. The Morgan fingerprint density at radius 2 is 1.76 bits per heavy atom. The van der Waals surface area contributed by atoms with Crippen LogP contribution in [-0.2, 0) is 19.7 Å². The molecule has 1 aromatic heterocycles. The van der Waals surface area contributed by atoms with Gasteiger partial charge in [0.05, 0.1) is 10.5 Å². The monoisotopic (exact) mass is 552 g/mol. The second-order valence-electron chi connectivity index (χ2n) is 7.83. The van der Waals surface area contributed by atoms with E-state index in [2.05, 4.69) is 9.82 Å². The number of aromatic nitrogens is 1. The van der Waals surface area contributed by atoms with Gasteiger partial charge in [0.1, 0.15) is 11.8 Å². The van der Waals surface area contributed by atoms with E-state index in [0.717, 1.165) is 0 Å². The van der Waals surface area contributed by atoms with Crippen molar-refractivity contribution in [2.45, 2.75) is 10.9 Å². The van der Waals surface area contributed by atoms with Crippen molar-refractivity contribution in [3.8, 4) is 11.5 Å². The molecule has 0 spiro atoms. The summed E-state index contributed by atoms with van der Waals surface area (Å²) in [5.41, 5.74) is 0.221. The molecule has 0 aliphatic carbocycles. The number of rotatable bonds is 6. The van der Waals surface area contributed by atoms with Crippen LogP contribution in [0.5, 0.6) is 11.5 Å². The zero-order chi connectivity index (χ0) is 26.7. The molecule has 2 N–H and O–H groups in total. The maximum absolute atomic E-state index is 14.8. The standard InChI is InChI=1S/C23H19ClF2N4O6S/c24-15-3-5-16(6-4-15)35-21-18(25)10-17(11-19(21)26)37(33,34)30-9-8-29(13-20(30)23(32)36-27)22(31)14-2-1-7-28-12-14/h1-7,10-12,20H,8-9,13,27H2/t20-/m1/s1. The van der Waals surface area contributed by atoms with E-state index < -0.39 is 56.8 Å². The van der Waals surface area contributed by atoms with Gasteiger partial charge >= 0.3 is 5.97 Å². The van der Waals surface area contributed by atoms with Crippen molar-refractivity contribution in [2.24, 2.45) is 5.90 Å². The van der Waals surface area contributed by atoms with Crippen LogP contribution in [0.15, 0.2) is 65.8 Å². The molecule has 37 heavy (non-hydrogen) atoms. The predicted octanol–water partition coefficient (Wildman–Crippen LogP) is 2.74. The van der Waals surface area contributed by atoms with Gasteiger partial charge < -0.3 is 14.5 Å². The first-order chi connectivity index (χ1) is 17.6. The summed E-state index contributed by atoms with van der Waals surface area (Å²) in [6.45, 7) is -0.907. The highest BCUT2D eigenvalue weighted by atomic mass is 35.5. The van der Waals surface area contributed by atoms with E-state index in [1.807, 2.05) is 0 Å². The van der Waals surface area contributed by atoms with Crippen molar-refractivity contribution in [2.75, 3.05) is 19.6 Å². The van der Waals surface area contributed by atoms with Gasteiger partial charge in [-0.1, -0.05) is 11.6 Å². The van der Waals surface area contributed by atoms with Crippen LogP contribution < -0.4 is 10.6 Å². The van der Waals surface area contributed by atoms with Crippen molar-refractivity contribution in [1.82, 2.24) is 14.2 Å². The van der Waals surface area contributed by atoms with Crippen molar-refractivity contribution in [1.29, 1.82) is 0 Å². The Labute approximate surface area is 215 Å². The average molecular weight is 553 g/mol. The van der Waals surface area contributed by atoms with E-state index in [4.69, 9.17) is 22.2 Å². The molecule has 0 saturated carbocycles. The molecule has 1 aliphatic heterocycles. The molecule has 2 heterocycles. The van der Waals surface area contributed by atoms with Gasteiger partial charge in [0, 0.05) is 37.1 Å². The van der Waals surface area contributed by atoms with Gasteiger partial charge in [-0.2, -0.15) is 10.2 Å². The molecule has 10 nitrogen and oxygen atoms in total. The van der Waals surface area contributed by atoms with Crippen molar-refractivity contribution < 1.29 is 36.4 Å². The number of ether oxygens (including phenoxy) is 1. The number of benzene rings is 2. The summed E-state index contributed by atoms with van der Waals surface area (Å²) in [5.74, 6) is -0.00398.